The fourth-order valence-electron chi connectivity index (χ4n) is 3.84. The highest BCUT2D eigenvalue weighted by Crippen LogP contribution is 2.38. The van der Waals surface area contributed by atoms with Gasteiger partial charge in [-0.15, -0.1) is 0 Å². The van der Waals surface area contributed by atoms with Crippen LogP contribution in [0.4, 0.5) is 21.9 Å². The summed E-state index contributed by atoms with van der Waals surface area (Å²) in [4.78, 5) is 38.7. The molecule has 0 bridgehead atoms. The number of carbonyl (C=O) groups excluding carboxylic acids is 3. The molecule has 1 aliphatic heterocycles. The van der Waals surface area contributed by atoms with Crippen LogP contribution in [0.3, 0.4) is 0 Å². The molecule has 3 aromatic carbocycles. The van der Waals surface area contributed by atoms with Crippen molar-refractivity contribution in [1.82, 2.24) is 5.32 Å². The van der Waals surface area contributed by atoms with Gasteiger partial charge in [0.2, 0.25) is 0 Å². The van der Waals surface area contributed by atoms with E-state index in [0.29, 0.717) is 28.1 Å². The summed E-state index contributed by atoms with van der Waals surface area (Å²) in [5.74, 6) is -0.714. The second-order valence-corrected chi connectivity index (χ2v) is 7.84. The average Bonchev–Trinajstić information content (AvgIpc) is 3.22. The SMILES string of the molecule is CCOC(=O)c1ccc2c(c1)NC(=O)C2=C(Nc1ccc(N(C)C(=O)NC)cc1)c1ccccc1. The Balaban J connectivity index is 1.75. The highest BCUT2D eigenvalue weighted by molar-refractivity contribution is 6.37. The van der Waals surface area contributed by atoms with Crippen molar-refractivity contribution in [2.75, 3.05) is 36.2 Å². The summed E-state index contributed by atoms with van der Waals surface area (Å²) in [5.41, 5.74) is 4.99. The van der Waals surface area contributed by atoms with Crippen molar-refractivity contribution in [3.05, 3.63) is 89.5 Å². The van der Waals surface area contributed by atoms with Gasteiger partial charge in [-0.2, -0.15) is 0 Å². The normalized spacial score (nSPS) is 13.4. The molecule has 0 aliphatic carbocycles. The maximum absolute atomic E-state index is 13.1. The number of rotatable bonds is 6. The largest absolute Gasteiger partial charge is 0.462 e. The number of carbonyl (C=O) groups is 3. The first-order valence-electron chi connectivity index (χ1n) is 11.2. The summed E-state index contributed by atoms with van der Waals surface area (Å²) in [6.45, 7) is 2.02. The molecule has 0 saturated carbocycles. The molecule has 0 atom stereocenters. The number of nitrogens with zero attached hydrogens (tertiary/aromatic N) is 1. The second-order valence-electron chi connectivity index (χ2n) is 7.84. The van der Waals surface area contributed by atoms with Crippen molar-refractivity contribution in [3.63, 3.8) is 0 Å². The quantitative estimate of drug-likeness (QED) is 0.362. The summed E-state index contributed by atoms with van der Waals surface area (Å²) < 4.78 is 5.08. The van der Waals surface area contributed by atoms with Gasteiger partial charge in [-0.25, -0.2) is 9.59 Å². The fraction of sp³-hybridized carbons (Fsp3) is 0.148. The Bertz CT molecular complexity index is 1300. The molecule has 0 spiro atoms. The van der Waals surface area contributed by atoms with Crippen molar-refractivity contribution in [2.45, 2.75) is 6.92 Å². The zero-order valence-corrected chi connectivity index (χ0v) is 19.7. The third-order valence-corrected chi connectivity index (χ3v) is 5.63. The van der Waals surface area contributed by atoms with Crippen molar-refractivity contribution in [3.8, 4) is 0 Å². The maximum Gasteiger partial charge on any atom is 0.338 e. The van der Waals surface area contributed by atoms with Crippen LogP contribution >= 0.6 is 0 Å². The molecule has 0 aromatic heterocycles. The van der Waals surface area contributed by atoms with E-state index in [9.17, 15) is 14.4 Å². The molecule has 3 N–H and O–H groups in total. The summed E-state index contributed by atoms with van der Waals surface area (Å²) >= 11 is 0. The smallest absolute Gasteiger partial charge is 0.338 e. The first-order chi connectivity index (χ1) is 16.9. The van der Waals surface area contributed by atoms with Crippen molar-refractivity contribution in [2.24, 2.45) is 0 Å². The highest BCUT2D eigenvalue weighted by atomic mass is 16.5. The van der Waals surface area contributed by atoms with E-state index < -0.39 is 5.97 Å². The zero-order chi connectivity index (χ0) is 24.9. The van der Waals surface area contributed by atoms with Gasteiger partial charge in [-0.1, -0.05) is 36.4 Å². The average molecular weight is 471 g/mol. The molecule has 3 aromatic rings. The molecular weight excluding hydrogens is 444 g/mol. The van der Waals surface area contributed by atoms with E-state index in [2.05, 4.69) is 16.0 Å². The van der Waals surface area contributed by atoms with Crippen molar-refractivity contribution < 1.29 is 19.1 Å². The van der Waals surface area contributed by atoms with Gasteiger partial charge in [0.15, 0.2) is 0 Å². The van der Waals surface area contributed by atoms with Crippen LogP contribution in [0.25, 0.3) is 11.3 Å². The predicted octanol–water partition coefficient (Wildman–Crippen LogP) is 4.57. The first kappa shape index (κ1) is 23.6. The number of esters is 1. The molecule has 0 fully saturated rings. The molecule has 0 radical (unpaired) electrons. The topological polar surface area (TPSA) is 99.8 Å². The van der Waals surface area contributed by atoms with Crippen LogP contribution in [0.5, 0.6) is 0 Å². The monoisotopic (exact) mass is 470 g/mol. The molecule has 1 aliphatic rings. The lowest BCUT2D eigenvalue weighted by Gasteiger charge is -2.18. The summed E-state index contributed by atoms with van der Waals surface area (Å²) in [6, 6.07) is 21.7. The molecular formula is C27H26N4O4. The lowest BCUT2D eigenvalue weighted by molar-refractivity contribution is -0.110. The minimum absolute atomic E-state index is 0.223. The molecule has 0 saturated heterocycles. The van der Waals surface area contributed by atoms with Gasteiger partial charge < -0.3 is 20.7 Å². The van der Waals surface area contributed by atoms with Gasteiger partial charge in [0.1, 0.15) is 0 Å². The summed E-state index contributed by atoms with van der Waals surface area (Å²) in [6.07, 6.45) is 0. The Morgan fingerprint density at radius 2 is 1.69 bits per heavy atom. The Labute approximate surface area is 203 Å². The predicted molar refractivity (Wildman–Crippen MR) is 137 cm³/mol. The van der Waals surface area contributed by atoms with Crippen molar-refractivity contribution in [1.29, 1.82) is 0 Å². The van der Waals surface area contributed by atoms with E-state index >= 15 is 0 Å². The van der Waals surface area contributed by atoms with E-state index in [0.717, 1.165) is 16.9 Å². The van der Waals surface area contributed by atoms with Crippen LogP contribution in [0, 0.1) is 0 Å². The number of hydrogen-bond donors (Lipinski definition) is 3. The van der Waals surface area contributed by atoms with Gasteiger partial charge in [-0.05, 0) is 48.9 Å². The van der Waals surface area contributed by atoms with Crippen LogP contribution < -0.4 is 20.9 Å². The van der Waals surface area contributed by atoms with Gasteiger partial charge >= 0.3 is 12.0 Å². The fourth-order valence-corrected chi connectivity index (χ4v) is 3.84. The zero-order valence-electron chi connectivity index (χ0n) is 19.7. The number of nitrogens with one attached hydrogen (secondary N) is 3. The van der Waals surface area contributed by atoms with E-state index in [1.165, 1.54) is 4.90 Å². The number of benzene rings is 3. The third-order valence-electron chi connectivity index (χ3n) is 5.63. The second kappa shape index (κ2) is 10.1. The van der Waals surface area contributed by atoms with Crippen molar-refractivity contribution >= 4 is 46.2 Å². The molecule has 0 unspecified atom stereocenters. The van der Waals surface area contributed by atoms with Crippen LogP contribution in [0.1, 0.15) is 28.4 Å². The number of urea groups is 1. The maximum atomic E-state index is 13.1. The molecule has 8 nitrogen and oxygen atoms in total. The molecule has 3 amide bonds. The van der Waals surface area contributed by atoms with E-state index in [1.54, 1.807) is 39.2 Å². The molecule has 8 heteroatoms. The Morgan fingerprint density at radius 3 is 2.34 bits per heavy atom. The number of hydrogen-bond acceptors (Lipinski definition) is 5. The van der Waals surface area contributed by atoms with E-state index in [-0.39, 0.29) is 18.5 Å². The minimum Gasteiger partial charge on any atom is -0.462 e. The third kappa shape index (κ3) is 4.86. The minimum atomic E-state index is -0.440. The first-order valence-corrected chi connectivity index (χ1v) is 11.2. The van der Waals surface area contributed by atoms with Gasteiger partial charge in [0.25, 0.3) is 5.91 Å². The summed E-state index contributed by atoms with van der Waals surface area (Å²) in [7, 11) is 3.26. The van der Waals surface area contributed by atoms with Crippen LogP contribution in [-0.4, -0.2) is 38.6 Å². The molecule has 1 heterocycles. The number of amides is 3. The summed E-state index contributed by atoms with van der Waals surface area (Å²) in [5, 5.41) is 8.84. The number of anilines is 3. The van der Waals surface area contributed by atoms with Gasteiger partial charge in [0, 0.05) is 31.0 Å². The van der Waals surface area contributed by atoms with Crippen LogP contribution in [0.15, 0.2) is 72.8 Å². The molecule has 35 heavy (non-hydrogen) atoms. The van der Waals surface area contributed by atoms with E-state index in [4.69, 9.17) is 4.74 Å². The standard InChI is InChI=1S/C27H26N4O4/c1-4-35-26(33)18-10-15-21-22(16-18)30-25(32)23(21)24(17-8-6-5-7-9-17)29-19-11-13-20(14-12-19)31(3)27(34)28-2/h5-16,29H,4H2,1-3H3,(H,28,34)(H,30,32). The molecule has 178 valence electrons. The number of ether oxygens (including phenoxy) is 1. The Hall–Kier alpha value is -4.59. The number of fused-ring (bicyclic) bond motifs is 1. The molecule has 4 rings (SSSR count). The van der Waals surface area contributed by atoms with Gasteiger partial charge in [0.05, 0.1) is 29.1 Å². The van der Waals surface area contributed by atoms with Gasteiger partial charge in [-0.3, -0.25) is 9.69 Å². The highest BCUT2D eigenvalue weighted by Gasteiger charge is 2.29. The lowest BCUT2D eigenvalue weighted by Crippen LogP contribution is -2.34. The van der Waals surface area contributed by atoms with Crippen LogP contribution in [0.2, 0.25) is 0 Å². The Morgan fingerprint density at radius 1 is 0.971 bits per heavy atom. The lowest BCUT2D eigenvalue weighted by atomic mass is 9.99. The van der Waals surface area contributed by atoms with Crippen LogP contribution in [-0.2, 0) is 9.53 Å². The van der Waals surface area contributed by atoms with E-state index in [1.807, 2.05) is 54.6 Å². The Kier molecular flexibility index (Phi) is 6.82.